The minimum Gasteiger partial charge on any atom is -0.393 e. The van der Waals surface area contributed by atoms with Crippen LogP contribution in [0.2, 0.25) is 0 Å². The summed E-state index contributed by atoms with van der Waals surface area (Å²) in [6.45, 7) is 3.98. The van der Waals surface area contributed by atoms with Crippen molar-refractivity contribution < 1.29 is 13.5 Å². The van der Waals surface area contributed by atoms with Crippen LogP contribution >= 0.6 is 0 Å². The van der Waals surface area contributed by atoms with E-state index in [2.05, 4.69) is 4.72 Å². The highest BCUT2D eigenvalue weighted by Gasteiger charge is 2.13. The largest absolute Gasteiger partial charge is 0.393 e. The van der Waals surface area contributed by atoms with Gasteiger partial charge in [0, 0.05) is 6.54 Å². The zero-order valence-corrected chi connectivity index (χ0v) is 11.7. The molecule has 2 unspecified atom stereocenters. The number of benzene rings is 1. The number of aliphatic hydroxyl groups excluding tert-OH is 1. The van der Waals surface area contributed by atoms with Crippen LogP contribution in [0.5, 0.6) is 0 Å². The summed E-state index contributed by atoms with van der Waals surface area (Å²) in [5, 5.41) is 9.21. The van der Waals surface area contributed by atoms with Crippen molar-refractivity contribution in [2.45, 2.75) is 32.1 Å². The maximum absolute atomic E-state index is 11.8. The molecule has 0 spiro atoms. The fraction of sp³-hybridized carbons (Fsp3) is 0.538. The minimum atomic E-state index is -3.30. The molecule has 4 nitrogen and oxygen atoms in total. The smallest absolute Gasteiger partial charge is 0.215 e. The van der Waals surface area contributed by atoms with Gasteiger partial charge in [0.1, 0.15) is 0 Å². The fourth-order valence-corrected chi connectivity index (χ4v) is 3.05. The first-order chi connectivity index (χ1) is 8.39. The van der Waals surface area contributed by atoms with Crippen LogP contribution in [0.3, 0.4) is 0 Å². The summed E-state index contributed by atoms with van der Waals surface area (Å²) in [5.74, 6) is 0.116. The predicted octanol–water partition coefficient (Wildman–Crippen LogP) is 1.51. The molecular formula is C13H21NO3S. The molecule has 2 atom stereocenters. The topological polar surface area (TPSA) is 66.4 Å². The SMILES string of the molecule is CC(O)CC(C)CNS(=O)(=O)Cc1ccccc1. The molecule has 0 aliphatic heterocycles. The maximum atomic E-state index is 11.8. The predicted molar refractivity (Wildman–Crippen MR) is 72.5 cm³/mol. The lowest BCUT2D eigenvalue weighted by Gasteiger charge is -2.14. The van der Waals surface area contributed by atoms with E-state index in [0.29, 0.717) is 13.0 Å². The van der Waals surface area contributed by atoms with Gasteiger partial charge in [0.2, 0.25) is 10.0 Å². The van der Waals surface area contributed by atoms with Gasteiger partial charge in [-0.05, 0) is 24.8 Å². The molecule has 102 valence electrons. The lowest BCUT2D eigenvalue weighted by atomic mass is 10.1. The summed E-state index contributed by atoms with van der Waals surface area (Å²) in [6, 6.07) is 9.08. The first-order valence-corrected chi connectivity index (χ1v) is 7.73. The van der Waals surface area contributed by atoms with E-state index >= 15 is 0 Å². The van der Waals surface area contributed by atoms with Gasteiger partial charge in [-0.1, -0.05) is 37.3 Å². The Hall–Kier alpha value is -0.910. The first kappa shape index (κ1) is 15.1. The van der Waals surface area contributed by atoms with E-state index < -0.39 is 16.1 Å². The van der Waals surface area contributed by atoms with E-state index in [4.69, 9.17) is 0 Å². The second-order valence-electron chi connectivity index (χ2n) is 4.78. The van der Waals surface area contributed by atoms with Crippen molar-refractivity contribution in [1.82, 2.24) is 4.72 Å². The zero-order valence-electron chi connectivity index (χ0n) is 10.8. The normalized spacial score (nSPS) is 15.3. The van der Waals surface area contributed by atoms with Crippen molar-refractivity contribution in [3.05, 3.63) is 35.9 Å². The zero-order chi connectivity index (χ0) is 13.6. The molecule has 0 heterocycles. The van der Waals surface area contributed by atoms with E-state index in [1.807, 2.05) is 25.1 Å². The molecule has 0 aliphatic rings. The van der Waals surface area contributed by atoms with Crippen molar-refractivity contribution in [3.8, 4) is 0 Å². The van der Waals surface area contributed by atoms with E-state index in [1.54, 1.807) is 19.1 Å². The third-order valence-electron chi connectivity index (χ3n) is 2.59. The van der Waals surface area contributed by atoms with Gasteiger partial charge in [0.15, 0.2) is 0 Å². The lowest BCUT2D eigenvalue weighted by molar-refractivity contribution is 0.165. The Balaban J connectivity index is 2.46. The monoisotopic (exact) mass is 271 g/mol. The second kappa shape index (κ2) is 6.87. The molecule has 0 radical (unpaired) electrons. The quantitative estimate of drug-likeness (QED) is 0.790. The highest BCUT2D eigenvalue weighted by Crippen LogP contribution is 2.07. The summed E-state index contributed by atoms with van der Waals surface area (Å²) in [4.78, 5) is 0. The number of hydrogen-bond donors (Lipinski definition) is 2. The average Bonchev–Trinajstić information content (AvgIpc) is 2.26. The molecule has 0 aliphatic carbocycles. The van der Waals surface area contributed by atoms with Gasteiger partial charge in [0.25, 0.3) is 0 Å². The van der Waals surface area contributed by atoms with Crippen LogP contribution in [0, 0.1) is 5.92 Å². The molecule has 1 aromatic carbocycles. The lowest BCUT2D eigenvalue weighted by Crippen LogP contribution is -2.30. The molecular weight excluding hydrogens is 250 g/mol. The van der Waals surface area contributed by atoms with Gasteiger partial charge >= 0.3 is 0 Å². The number of hydrogen-bond acceptors (Lipinski definition) is 3. The summed E-state index contributed by atoms with van der Waals surface area (Å²) in [7, 11) is -3.30. The fourth-order valence-electron chi connectivity index (χ4n) is 1.78. The molecule has 18 heavy (non-hydrogen) atoms. The maximum Gasteiger partial charge on any atom is 0.215 e. The summed E-state index contributed by atoms with van der Waals surface area (Å²) in [6.07, 6.45) is 0.187. The third-order valence-corrected chi connectivity index (χ3v) is 3.91. The van der Waals surface area contributed by atoms with Gasteiger partial charge in [0.05, 0.1) is 11.9 Å². The molecule has 0 saturated carbocycles. The van der Waals surface area contributed by atoms with Crippen molar-refractivity contribution in [1.29, 1.82) is 0 Å². The van der Waals surface area contributed by atoms with E-state index in [-0.39, 0.29) is 11.7 Å². The molecule has 0 saturated heterocycles. The Labute approximate surface area is 109 Å². The highest BCUT2D eigenvalue weighted by atomic mass is 32.2. The van der Waals surface area contributed by atoms with Crippen LogP contribution in [-0.4, -0.2) is 26.2 Å². The molecule has 0 fully saturated rings. The minimum absolute atomic E-state index is 0.00472. The van der Waals surface area contributed by atoms with Crippen LogP contribution < -0.4 is 4.72 Å². The number of aliphatic hydroxyl groups is 1. The van der Waals surface area contributed by atoms with Crippen LogP contribution in [0.1, 0.15) is 25.8 Å². The first-order valence-electron chi connectivity index (χ1n) is 6.08. The molecule has 2 N–H and O–H groups in total. The summed E-state index contributed by atoms with van der Waals surface area (Å²) < 4.78 is 26.2. The number of nitrogens with one attached hydrogen (secondary N) is 1. The van der Waals surface area contributed by atoms with E-state index in [0.717, 1.165) is 5.56 Å². The number of rotatable bonds is 7. The van der Waals surface area contributed by atoms with E-state index in [9.17, 15) is 13.5 Å². The van der Waals surface area contributed by atoms with Crippen LogP contribution in [0.4, 0.5) is 0 Å². The van der Waals surface area contributed by atoms with Crippen molar-refractivity contribution >= 4 is 10.0 Å². The standard InChI is InChI=1S/C13H21NO3S/c1-11(8-12(2)15)9-14-18(16,17)10-13-6-4-3-5-7-13/h3-7,11-12,14-15H,8-10H2,1-2H3. The molecule has 5 heteroatoms. The summed E-state index contributed by atoms with van der Waals surface area (Å²) >= 11 is 0. The van der Waals surface area contributed by atoms with Gasteiger partial charge < -0.3 is 5.11 Å². The van der Waals surface area contributed by atoms with Gasteiger partial charge in [-0.15, -0.1) is 0 Å². The van der Waals surface area contributed by atoms with Gasteiger partial charge in [-0.3, -0.25) is 0 Å². The Morgan fingerprint density at radius 1 is 1.22 bits per heavy atom. The molecule has 0 aromatic heterocycles. The van der Waals surface area contributed by atoms with Crippen molar-refractivity contribution in [2.24, 2.45) is 5.92 Å². The Morgan fingerprint density at radius 3 is 2.39 bits per heavy atom. The summed E-state index contributed by atoms with van der Waals surface area (Å²) in [5.41, 5.74) is 0.771. The van der Waals surface area contributed by atoms with Gasteiger partial charge in [-0.25, -0.2) is 13.1 Å². The van der Waals surface area contributed by atoms with Gasteiger partial charge in [-0.2, -0.15) is 0 Å². The van der Waals surface area contributed by atoms with Crippen LogP contribution in [0.15, 0.2) is 30.3 Å². The van der Waals surface area contributed by atoms with Crippen molar-refractivity contribution in [3.63, 3.8) is 0 Å². The molecule has 0 bridgehead atoms. The van der Waals surface area contributed by atoms with Crippen LogP contribution in [-0.2, 0) is 15.8 Å². The Bertz CT molecular complexity index is 443. The van der Waals surface area contributed by atoms with Crippen LogP contribution in [0.25, 0.3) is 0 Å². The second-order valence-corrected chi connectivity index (χ2v) is 6.59. The van der Waals surface area contributed by atoms with E-state index in [1.165, 1.54) is 0 Å². The van der Waals surface area contributed by atoms with Crippen molar-refractivity contribution in [2.75, 3.05) is 6.54 Å². The Morgan fingerprint density at radius 2 is 1.83 bits per heavy atom. The highest BCUT2D eigenvalue weighted by molar-refractivity contribution is 7.88. The molecule has 0 amide bonds. The third kappa shape index (κ3) is 6.14. The Kier molecular flexibility index (Phi) is 5.78. The molecule has 1 aromatic rings. The molecule has 1 rings (SSSR count). The number of sulfonamides is 1. The average molecular weight is 271 g/mol.